The molecule has 0 saturated carbocycles. The molecule has 21 heavy (non-hydrogen) atoms. The van der Waals surface area contributed by atoms with E-state index in [2.05, 4.69) is 12.2 Å². The Morgan fingerprint density at radius 3 is 2.24 bits per heavy atom. The van der Waals surface area contributed by atoms with Crippen molar-refractivity contribution in [2.24, 2.45) is 0 Å². The summed E-state index contributed by atoms with van der Waals surface area (Å²) in [6.07, 6.45) is 4.75. The molecule has 1 saturated heterocycles. The van der Waals surface area contributed by atoms with Gasteiger partial charge in [0.25, 0.3) is 0 Å². The fourth-order valence-electron chi connectivity index (χ4n) is 2.86. The number of carbonyl (C=O) groups excluding carboxylic acids is 1. The van der Waals surface area contributed by atoms with Crippen LogP contribution in [0.1, 0.15) is 51.1 Å². The quantitative estimate of drug-likeness (QED) is 0.918. The van der Waals surface area contributed by atoms with E-state index in [9.17, 15) is 4.79 Å². The minimum Gasteiger partial charge on any atom is -0.341 e. The molecule has 0 aromatic heterocycles. The first-order chi connectivity index (χ1) is 10.1. The molecule has 1 N–H and O–H groups in total. The van der Waals surface area contributed by atoms with Gasteiger partial charge in [0, 0.05) is 24.2 Å². The summed E-state index contributed by atoms with van der Waals surface area (Å²) in [5.41, 5.74) is 1.15. The molecule has 1 fully saturated rings. The monoisotopic (exact) mass is 308 g/mol. The molecule has 1 aromatic carbocycles. The molecule has 3 nitrogen and oxygen atoms in total. The molecule has 2 atom stereocenters. The number of nitrogens with one attached hydrogen (secondary N) is 1. The maximum absolute atomic E-state index is 12.5. The molecular formula is C17H25ClN2O. The van der Waals surface area contributed by atoms with E-state index >= 15 is 0 Å². The Labute approximate surface area is 132 Å². The third-order valence-electron chi connectivity index (χ3n) is 4.16. The normalized spacial score (nSPS) is 18.9. The number of carbonyl (C=O) groups is 1. The highest BCUT2D eigenvalue weighted by molar-refractivity contribution is 6.30. The maximum atomic E-state index is 12.5. The van der Waals surface area contributed by atoms with Gasteiger partial charge in [0.2, 0.25) is 5.91 Å². The van der Waals surface area contributed by atoms with Gasteiger partial charge in [-0.1, -0.05) is 36.6 Å². The van der Waals surface area contributed by atoms with E-state index in [1.165, 1.54) is 12.8 Å². The Morgan fingerprint density at radius 2 is 1.67 bits per heavy atom. The fourth-order valence-corrected chi connectivity index (χ4v) is 2.98. The SMILES string of the molecule is CC(N[C@H](C)c1ccc(Cl)cc1)C(=O)N1CCCCCC1. The lowest BCUT2D eigenvalue weighted by Crippen LogP contribution is -2.45. The Hall–Kier alpha value is -1.06. The number of hydrogen-bond donors (Lipinski definition) is 1. The molecule has 0 spiro atoms. The number of nitrogens with zero attached hydrogens (tertiary/aromatic N) is 1. The Kier molecular flexibility index (Phi) is 6.07. The van der Waals surface area contributed by atoms with Crippen molar-refractivity contribution in [3.63, 3.8) is 0 Å². The molecule has 1 heterocycles. The number of amides is 1. The molecular weight excluding hydrogens is 284 g/mol. The summed E-state index contributed by atoms with van der Waals surface area (Å²) in [7, 11) is 0. The van der Waals surface area contributed by atoms with Crippen LogP contribution < -0.4 is 5.32 Å². The summed E-state index contributed by atoms with van der Waals surface area (Å²) in [4.78, 5) is 14.5. The summed E-state index contributed by atoms with van der Waals surface area (Å²) in [5, 5.41) is 4.13. The van der Waals surface area contributed by atoms with E-state index in [-0.39, 0.29) is 18.0 Å². The molecule has 1 unspecified atom stereocenters. The largest absolute Gasteiger partial charge is 0.341 e. The summed E-state index contributed by atoms with van der Waals surface area (Å²) >= 11 is 5.91. The summed E-state index contributed by atoms with van der Waals surface area (Å²) in [6, 6.07) is 7.75. The van der Waals surface area contributed by atoms with Crippen LogP contribution in [0.15, 0.2) is 24.3 Å². The van der Waals surface area contributed by atoms with Crippen LogP contribution in [0.2, 0.25) is 5.02 Å². The molecule has 0 bridgehead atoms. The third kappa shape index (κ3) is 4.72. The molecule has 4 heteroatoms. The number of hydrogen-bond acceptors (Lipinski definition) is 2. The highest BCUT2D eigenvalue weighted by atomic mass is 35.5. The van der Waals surface area contributed by atoms with E-state index in [4.69, 9.17) is 11.6 Å². The van der Waals surface area contributed by atoms with E-state index in [0.29, 0.717) is 0 Å². The van der Waals surface area contributed by atoms with Gasteiger partial charge in [-0.15, -0.1) is 0 Å². The van der Waals surface area contributed by atoms with Crippen LogP contribution in [-0.4, -0.2) is 29.9 Å². The smallest absolute Gasteiger partial charge is 0.239 e. The Balaban J connectivity index is 1.91. The molecule has 116 valence electrons. The zero-order valence-corrected chi connectivity index (χ0v) is 13.7. The van der Waals surface area contributed by atoms with Crippen molar-refractivity contribution in [1.29, 1.82) is 0 Å². The lowest BCUT2D eigenvalue weighted by molar-refractivity contribution is -0.133. The lowest BCUT2D eigenvalue weighted by Gasteiger charge is -2.27. The summed E-state index contributed by atoms with van der Waals surface area (Å²) in [5.74, 6) is 0.220. The van der Waals surface area contributed by atoms with Gasteiger partial charge in [-0.05, 0) is 44.4 Å². The van der Waals surface area contributed by atoms with Crippen molar-refractivity contribution in [3.8, 4) is 0 Å². The second kappa shape index (κ2) is 7.81. The number of halogens is 1. The van der Waals surface area contributed by atoms with Crippen LogP contribution in [0.3, 0.4) is 0 Å². The van der Waals surface area contributed by atoms with Gasteiger partial charge in [-0.2, -0.15) is 0 Å². The Bertz CT molecular complexity index is 452. The molecule has 1 aliphatic rings. The van der Waals surface area contributed by atoms with E-state index in [0.717, 1.165) is 36.5 Å². The van der Waals surface area contributed by atoms with Crippen LogP contribution in [0, 0.1) is 0 Å². The molecule has 0 radical (unpaired) electrons. The third-order valence-corrected chi connectivity index (χ3v) is 4.41. The van der Waals surface area contributed by atoms with Gasteiger partial charge in [0.15, 0.2) is 0 Å². The van der Waals surface area contributed by atoms with Crippen molar-refractivity contribution >= 4 is 17.5 Å². The van der Waals surface area contributed by atoms with Crippen LogP contribution >= 0.6 is 11.6 Å². The van der Waals surface area contributed by atoms with Crippen LogP contribution in [0.5, 0.6) is 0 Å². The van der Waals surface area contributed by atoms with Gasteiger partial charge in [-0.3, -0.25) is 10.1 Å². The van der Waals surface area contributed by atoms with Crippen LogP contribution in [-0.2, 0) is 4.79 Å². The van der Waals surface area contributed by atoms with Crippen molar-refractivity contribution in [2.45, 2.75) is 51.6 Å². The second-order valence-electron chi connectivity index (χ2n) is 5.90. The highest BCUT2D eigenvalue weighted by Crippen LogP contribution is 2.17. The first kappa shape index (κ1) is 16.3. The van der Waals surface area contributed by atoms with Gasteiger partial charge in [0.05, 0.1) is 6.04 Å². The summed E-state index contributed by atoms with van der Waals surface area (Å²) in [6.45, 7) is 5.84. The minimum absolute atomic E-state index is 0.133. The zero-order valence-electron chi connectivity index (χ0n) is 12.9. The van der Waals surface area contributed by atoms with Crippen molar-refractivity contribution < 1.29 is 4.79 Å². The second-order valence-corrected chi connectivity index (χ2v) is 6.34. The predicted molar refractivity (Wildman–Crippen MR) is 87.5 cm³/mol. The van der Waals surface area contributed by atoms with Crippen molar-refractivity contribution in [2.75, 3.05) is 13.1 Å². The lowest BCUT2D eigenvalue weighted by atomic mass is 10.1. The van der Waals surface area contributed by atoms with Crippen molar-refractivity contribution in [3.05, 3.63) is 34.9 Å². The first-order valence-electron chi connectivity index (χ1n) is 7.88. The molecule has 1 aliphatic heterocycles. The van der Waals surface area contributed by atoms with E-state index in [1.54, 1.807) is 0 Å². The average Bonchev–Trinajstić information content (AvgIpc) is 2.76. The van der Waals surface area contributed by atoms with Gasteiger partial charge in [-0.25, -0.2) is 0 Å². The number of benzene rings is 1. The average molecular weight is 309 g/mol. The maximum Gasteiger partial charge on any atom is 0.239 e. The fraction of sp³-hybridized carbons (Fsp3) is 0.588. The number of likely N-dealkylation sites (tertiary alicyclic amines) is 1. The highest BCUT2D eigenvalue weighted by Gasteiger charge is 2.22. The molecule has 2 rings (SSSR count). The van der Waals surface area contributed by atoms with Crippen LogP contribution in [0.4, 0.5) is 0 Å². The van der Waals surface area contributed by atoms with Crippen molar-refractivity contribution in [1.82, 2.24) is 10.2 Å². The van der Waals surface area contributed by atoms with E-state index < -0.39 is 0 Å². The zero-order chi connectivity index (χ0) is 15.2. The Morgan fingerprint density at radius 1 is 1.10 bits per heavy atom. The van der Waals surface area contributed by atoms with Gasteiger partial charge < -0.3 is 4.90 Å². The van der Waals surface area contributed by atoms with E-state index in [1.807, 2.05) is 36.1 Å². The first-order valence-corrected chi connectivity index (χ1v) is 8.26. The predicted octanol–water partition coefficient (Wildman–Crippen LogP) is 3.78. The van der Waals surface area contributed by atoms with Gasteiger partial charge in [0.1, 0.15) is 0 Å². The minimum atomic E-state index is -0.159. The molecule has 1 amide bonds. The molecule has 1 aromatic rings. The number of rotatable bonds is 4. The standard InChI is InChI=1S/C17H25ClN2O/c1-13(15-7-9-16(18)10-8-15)19-14(2)17(21)20-11-5-3-4-6-12-20/h7-10,13-14,19H,3-6,11-12H2,1-2H3/t13-,14?/m1/s1. The summed E-state index contributed by atoms with van der Waals surface area (Å²) < 4.78 is 0. The molecule has 0 aliphatic carbocycles. The van der Waals surface area contributed by atoms with Gasteiger partial charge >= 0.3 is 0 Å². The van der Waals surface area contributed by atoms with Crippen LogP contribution in [0.25, 0.3) is 0 Å². The topological polar surface area (TPSA) is 32.3 Å².